The zero-order chi connectivity index (χ0) is 17.4. The Hall–Kier alpha value is -2.70. The summed E-state index contributed by atoms with van der Waals surface area (Å²) < 4.78 is 21.1. The van der Waals surface area contributed by atoms with E-state index in [0.29, 0.717) is 18.2 Å². The van der Waals surface area contributed by atoms with Gasteiger partial charge < -0.3 is 10.1 Å². The third kappa shape index (κ3) is 3.14. The Labute approximate surface area is 145 Å². The van der Waals surface area contributed by atoms with Gasteiger partial charge in [-0.1, -0.05) is 6.07 Å². The van der Waals surface area contributed by atoms with E-state index in [-0.39, 0.29) is 17.6 Å². The summed E-state index contributed by atoms with van der Waals surface area (Å²) in [5.41, 5.74) is 3.40. The van der Waals surface area contributed by atoms with Gasteiger partial charge >= 0.3 is 0 Å². The van der Waals surface area contributed by atoms with E-state index in [9.17, 15) is 4.39 Å². The van der Waals surface area contributed by atoms with Gasteiger partial charge in [0.05, 0.1) is 18.0 Å². The summed E-state index contributed by atoms with van der Waals surface area (Å²) in [6, 6.07) is 6.98. The van der Waals surface area contributed by atoms with Crippen molar-refractivity contribution >= 4 is 11.3 Å². The third-order valence-corrected chi connectivity index (χ3v) is 4.41. The molecule has 0 amide bonds. The summed E-state index contributed by atoms with van der Waals surface area (Å²) in [7, 11) is 0. The van der Waals surface area contributed by atoms with E-state index >= 15 is 0 Å². The number of nitrogens with one attached hydrogen (secondary N) is 1. The normalized spacial score (nSPS) is 15.3. The van der Waals surface area contributed by atoms with Crippen LogP contribution >= 0.6 is 0 Å². The van der Waals surface area contributed by atoms with Gasteiger partial charge in [-0.2, -0.15) is 9.61 Å². The predicted octanol–water partition coefficient (Wildman–Crippen LogP) is 3.71. The minimum atomic E-state index is -0.353. The summed E-state index contributed by atoms with van der Waals surface area (Å²) in [5, 5.41) is 16.1. The molecule has 2 heterocycles. The van der Waals surface area contributed by atoms with E-state index in [4.69, 9.17) is 4.74 Å². The molecular weight excluding hydrogens is 321 g/mol. The van der Waals surface area contributed by atoms with Crippen molar-refractivity contribution in [3.63, 3.8) is 0 Å². The second kappa shape index (κ2) is 6.31. The number of anilines is 1. The van der Waals surface area contributed by atoms with E-state index < -0.39 is 0 Å². The lowest BCUT2D eigenvalue weighted by atomic mass is 10.1. The van der Waals surface area contributed by atoms with Crippen LogP contribution in [0.2, 0.25) is 0 Å². The molecule has 1 aromatic carbocycles. The number of hydrogen-bond acceptors (Lipinski definition) is 5. The fourth-order valence-electron chi connectivity index (χ4n) is 2.91. The number of benzene rings is 1. The zero-order valence-electron chi connectivity index (χ0n) is 14.2. The quantitative estimate of drug-likeness (QED) is 0.740. The highest BCUT2D eigenvalue weighted by Crippen LogP contribution is 2.40. The summed E-state index contributed by atoms with van der Waals surface area (Å²) in [6.07, 6.45) is 3.94. The maximum atomic E-state index is 14.1. The van der Waals surface area contributed by atoms with Gasteiger partial charge in [0.25, 0.3) is 0 Å². The van der Waals surface area contributed by atoms with Gasteiger partial charge in [0.1, 0.15) is 6.33 Å². The Morgan fingerprint density at radius 2 is 2.20 bits per heavy atom. The Morgan fingerprint density at radius 1 is 1.36 bits per heavy atom. The molecule has 2 aromatic heterocycles. The predicted molar refractivity (Wildman–Crippen MR) is 92.4 cm³/mol. The Bertz CT molecular complexity index is 906. The first kappa shape index (κ1) is 15.8. The number of halogens is 1. The summed E-state index contributed by atoms with van der Waals surface area (Å²) in [6.45, 7) is 4.26. The molecule has 1 unspecified atom stereocenters. The molecule has 1 aliphatic rings. The molecule has 1 fully saturated rings. The first-order chi connectivity index (χ1) is 12.2. The average Bonchev–Trinajstić information content (AvgIpc) is 3.34. The molecule has 1 atom stereocenters. The van der Waals surface area contributed by atoms with Crippen molar-refractivity contribution in [1.82, 2.24) is 19.8 Å². The number of fused-ring (bicyclic) bond motifs is 1. The first-order valence-corrected chi connectivity index (χ1v) is 8.55. The van der Waals surface area contributed by atoms with Gasteiger partial charge in [-0.15, -0.1) is 10.2 Å². The van der Waals surface area contributed by atoms with Crippen LogP contribution in [0.25, 0.3) is 5.65 Å². The van der Waals surface area contributed by atoms with Crippen molar-refractivity contribution in [2.75, 3.05) is 11.9 Å². The van der Waals surface area contributed by atoms with Gasteiger partial charge in [0.2, 0.25) is 5.65 Å². The molecule has 6 nitrogen and oxygen atoms in total. The van der Waals surface area contributed by atoms with Crippen LogP contribution in [0.4, 0.5) is 10.1 Å². The minimum absolute atomic E-state index is 0.0971. The van der Waals surface area contributed by atoms with Crippen molar-refractivity contribution in [2.24, 2.45) is 0 Å². The van der Waals surface area contributed by atoms with Crippen LogP contribution in [0.5, 0.6) is 5.75 Å². The minimum Gasteiger partial charge on any atom is -0.491 e. The largest absolute Gasteiger partial charge is 0.491 e. The number of nitrogens with zero attached hydrogens (tertiary/aromatic N) is 4. The van der Waals surface area contributed by atoms with Crippen molar-refractivity contribution in [1.29, 1.82) is 0 Å². The molecule has 0 saturated heterocycles. The van der Waals surface area contributed by atoms with Gasteiger partial charge in [0, 0.05) is 12.0 Å². The number of aromatic nitrogens is 4. The lowest BCUT2D eigenvalue weighted by Gasteiger charge is -2.17. The molecule has 130 valence electrons. The van der Waals surface area contributed by atoms with Crippen LogP contribution in [0.3, 0.4) is 0 Å². The van der Waals surface area contributed by atoms with Crippen LogP contribution in [-0.4, -0.2) is 26.4 Å². The van der Waals surface area contributed by atoms with Gasteiger partial charge in [-0.05, 0) is 50.5 Å². The van der Waals surface area contributed by atoms with Crippen LogP contribution in [-0.2, 0) is 0 Å². The van der Waals surface area contributed by atoms with E-state index in [0.717, 1.165) is 16.9 Å². The first-order valence-electron chi connectivity index (χ1n) is 8.55. The second-order valence-corrected chi connectivity index (χ2v) is 6.35. The second-order valence-electron chi connectivity index (χ2n) is 6.35. The van der Waals surface area contributed by atoms with Crippen LogP contribution in [0.15, 0.2) is 30.6 Å². The Kier molecular flexibility index (Phi) is 3.99. The monoisotopic (exact) mass is 341 g/mol. The fourth-order valence-corrected chi connectivity index (χ4v) is 2.91. The molecule has 3 aromatic rings. The van der Waals surface area contributed by atoms with Crippen LogP contribution < -0.4 is 10.1 Å². The molecule has 1 saturated carbocycles. The molecule has 0 spiro atoms. The van der Waals surface area contributed by atoms with E-state index in [1.165, 1.54) is 18.9 Å². The van der Waals surface area contributed by atoms with Crippen molar-refractivity contribution in [3.8, 4) is 5.75 Å². The maximum absolute atomic E-state index is 14.1. The fraction of sp³-hybridized carbons (Fsp3) is 0.389. The lowest BCUT2D eigenvalue weighted by Crippen LogP contribution is -2.10. The van der Waals surface area contributed by atoms with E-state index in [2.05, 4.69) is 20.6 Å². The number of rotatable bonds is 6. The molecule has 25 heavy (non-hydrogen) atoms. The van der Waals surface area contributed by atoms with E-state index in [1.807, 2.05) is 26.0 Å². The Morgan fingerprint density at radius 3 is 2.92 bits per heavy atom. The smallest absolute Gasteiger partial charge is 0.200 e. The van der Waals surface area contributed by atoms with Crippen molar-refractivity contribution < 1.29 is 9.13 Å². The molecule has 7 heteroatoms. The summed E-state index contributed by atoms with van der Waals surface area (Å²) >= 11 is 0. The number of hydrogen-bond donors (Lipinski definition) is 1. The topological polar surface area (TPSA) is 64.3 Å². The molecular formula is C18H20FN5O. The summed E-state index contributed by atoms with van der Waals surface area (Å²) in [5.74, 6) is 0.442. The highest BCUT2D eigenvalue weighted by molar-refractivity contribution is 5.67. The lowest BCUT2D eigenvalue weighted by molar-refractivity contribution is 0.321. The maximum Gasteiger partial charge on any atom is 0.200 e. The highest BCUT2D eigenvalue weighted by atomic mass is 19.1. The number of ether oxygens (including phenoxy) is 1. The molecule has 1 aliphatic carbocycles. The Balaban J connectivity index is 1.62. The van der Waals surface area contributed by atoms with Gasteiger partial charge in [-0.3, -0.25) is 0 Å². The van der Waals surface area contributed by atoms with Gasteiger partial charge in [0.15, 0.2) is 11.6 Å². The molecule has 0 bridgehead atoms. The van der Waals surface area contributed by atoms with Crippen molar-refractivity contribution in [2.45, 2.75) is 38.6 Å². The molecule has 0 radical (unpaired) electrons. The third-order valence-electron chi connectivity index (χ3n) is 4.41. The van der Waals surface area contributed by atoms with Crippen LogP contribution in [0.1, 0.15) is 49.9 Å². The molecule has 0 aliphatic heterocycles. The molecule has 1 N–H and O–H groups in total. The average molecular weight is 341 g/mol. The zero-order valence-corrected chi connectivity index (χ0v) is 14.2. The molecule has 4 rings (SSSR count). The van der Waals surface area contributed by atoms with Crippen LogP contribution in [0, 0.1) is 5.82 Å². The standard InChI is InChI=1S/C18H20FN5O/c1-3-25-17-7-6-13(8-14(17)19)11(2)21-16-9-15(12-4-5-12)23-24-10-20-22-18(16)24/h6-12,21H,3-5H2,1-2H3. The van der Waals surface area contributed by atoms with Crippen molar-refractivity contribution in [3.05, 3.63) is 47.7 Å². The SMILES string of the molecule is CCOc1ccc(C(C)Nc2cc(C3CC3)nn3cnnc23)cc1F. The van der Waals surface area contributed by atoms with E-state index in [1.54, 1.807) is 16.9 Å². The summed E-state index contributed by atoms with van der Waals surface area (Å²) in [4.78, 5) is 0. The van der Waals surface area contributed by atoms with Gasteiger partial charge in [-0.25, -0.2) is 4.39 Å². The highest BCUT2D eigenvalue weighted by Gasteiger charge is 2.27.